The molecule has 1 aromatic heterocycles. The van der Waals surface area contributed by atoms with Crippen molar-refractivity contribution in [3.05, 3.63) is 29.3 Å². The molecule has 1 aromatic carbocycles. The van der Waals surface area contributed by atoms with Gasteiger partial charge in [0.05, 0.1) is 0 Å². The Morgan fingerprint density at radius 1 is 1.46 bits per heavy atom. The number of halogens is 1. The lowest BCUT2D eigenvalue weighted by atomic mass is 9.93. The van der Waals surface area contributed by atoms with E-state index in [0.29, 0.717) is 11.4 Å². The van der Waals surface area contributed by atoms with Crippen LogP contribution in [0.25, 0.3) is 10.1 Å². The molecular weight excluding hydrogens is 374 g/mol. The van der Waals surface area contributed by atoms with Gasteiger partial charge in [0, 0.05) is 28.8 Å². The highest BCUT2D eigenvalue weighted by atomic mass is 35.5. The van der Waals surface area contributed by atoms with Gasteiger partial charge < -0.3 is 9.84 Å². The lowest BCUT2D eigenvalue weighted by molar-refractivity contribution is -0.170. The number of carbonyl (C=O) groups is 1. The van der Waals surface area contributed by atoms with Crippen molar-refractivity contribution in [2.75, 3.05) is 6.61 Å². The summed E-state index contributed by atoms with van der Waals surface area (Å²) in [6, 6.07) is 6.28. The summed E-state index contributed by atoms with van der Waals surface area (Å²) in [4.78, 5) is 11.3. The van der Waals surface area contributed by atoms with Gasteiger partial charge in [-0.15, -0.1) is 11.3 Å². The van der Waals surface area contributed by atoms with Crippen molar-refractivity contribution in [1.29, 1.82) is 0 Å². The van der Waals surface area contributed by atoms with Crippen molar-refractivity contribution in [2.24, 2.45) is 0 Å². The number of benzene rings is 1. The molecule has 2 heterocycles. The second kappa shape index (κ2) is 6.27. The Hall–Kier alpha value is -1.19. The normalized spacial score (nSPS) is 25.0. The van der Waals surface area contributed by atoms with Gasteiger partial charge in [-0.25, -0.2) is 17.9 Å². The molecule has 2 aromatic rings. The van der Waals surface area contributed by atoms with E-state index in [1.54, 1.807) is 24.3 Å². The molecule has 0 spiro atoms. The topological polar surface area (TPSA) is 92.7 Å². The highest BCUT2D eigenvalue weighted by molar-refractivity contribution is 7.91. The Labute approximate surface area is 148 Å². The van der Waals surface area contributed by atoms with Gasteiger partial charge in [-0.3, -0.25) is 0 Å². The van der Waals surface area contributed by atoms with Crippen LogP contribution in [-0.4, -0.2) is 37.7 Å². The number of thiophene rings is 1. The van der Waals surface area contributed by atoms with Gasteiger partial charge in [0.2, 0.25) is 10.0 Å². The number of sulfonamides is 1. The van der Waals surface area contributed by atoms with Crippen LogP contribution >= 0.6 is 22.9 Å². The van der Waals surface area contributed by atoms with Crippen LogP contribution in [0, 0.1) is 0 Å². The highest BCUT2D eigenvalue weighted by Crippen LogP contribution is 2.32. The van der Waals surface area contributed by atoms with Crippen molar-refractivity contribution < 1.29 is 23.1 Å². The van der Waals surface area contributed by atoms with Crippen molar-refractivity contribution in [3.8, 4) is 0 Å². The Morgan fingerprint density at radius 2 is 2.21 bits per heavy atom. The molecule has 0 aliphatic carbocycles. The maximum absolute atomic E-state index is 12.6. The molecule has 2 N–H and O–H groups in total. The minimum atomic E-state index is -3.73. The first-order chi connectivity index (χ1) is 11.2. The van der Waals surface area contributed by atoms with Crippen molar-refractivity contribution >= 4 is 49.0 Å². The molecule has 24 heavy (non-hydrogen) atoms. The summed E-state index contributed by atoms with van der Waals surface area (Å²) in [5.74, 6) is -1.09. The number of hydrogen-bond acceptors (Lipinski definition) is 5. The smallest absolute Gasteiger partial charge is 0.335 e. The van der Waals surface area contributed by atoms with Crippen molar-refractivity contribution in [2.45, 2.75) is 35.6 Å². The minimum absolute atomic E-state index is 0.0816. The van der Waals surface area contributed by atoms with E-state index < -0.39 is 27.6 Å². The zero-order valence-corrected chi connectivity index (χ0v) is 15.2. The van der Waals surface area contributed by atoms with Crippen LogP contribution in [0.4, 0.5) is 0 Å². The Morgan fingerprint density at radius 3 is 2.92 bits per heavy atom. The van der Waals surface area contributed by atoms with E-state index in [1.807, 2.05) is 0 Å². The summed E-state index contributed by atoms with van der Waals surface area (Å²) >= 11 is 7.08. The van der Waals surface area contributed by atoms with Gasteiger partial charge >= 0.3 is 5.97 Å². The number of ether oxygens (including phenoxy) is 1. The molecule has 1 aliphatic rings. The number of rotatable bonds is 4. The van der Waals surface area contributed by atoms with Crippen LogP contribution < -0.4 is 4.72 Å². The van der Waals surface area contributed by atoms with Crippen LogP contribution in [0.5, 0.6) is 0 Å². The summed E-state index contributed by atoms with van der Waals surface area (Å²) in [6.45, 7) is 1.65. The van der Waals surface area contributed by atoms with Gasteiger partial charge in [0.1, 0.15) is 4.21 Å². The minimum Gasteiger partial charge on any atom is -0.479 e. The zero-order valence-electron chi connectivity index (χ0n) is 12.8. The average Bonchev–Trinajstić information content (AvgIpc) is 2.90. The SMILES string of the molecule is CC1(C(=O)O)CC(NS(=O)(=O)c2cc3cc(Cl)ccc3s2)CCO1. The molecule has 0 radical (unpaired) electrons. The Kier molecular flexibility index (Phi) is 4.61. The zero-order chi connectivity index (χ0) is 17.5. The first kappa shape index (κ1) is 17.6. The number of nitrogens with one attached hydrogen (secondary N) is 1. The molecule has 0 bridgehead atoms. The molecule has 1 fully saturated rings. The summed E-state index contributed by atoms with van der Waals surface area (Å²) in [5, 5.41) is 10.5. The van der Waals surface area contributed by atoms with Gasteiger partial charge in [0.25, 0.3) is 0 Å². The van der Waals surface area contributed by atoms with E-state index in [0.717, 1.165) is 21.4 Å². The van der Waals surface area contributed by atoms with Gasteiger partial charge in [-0.2, -0.15) is 0 Å². The monoisotopic (exact) mass is 389 g/mol. The van der Waals surface area contributed by atoms with E-state index in [4.69, 9.17) is 16.3 Å². The summed E-state index contributed by atoms with van der Waals surface area (Å²) in [6.07, 6.45) is 0.511. The molecule has 0 amide bonds. The number of carboxylic acids is 1. The molecule has 3 rings (SSSR count). The fourth-order valence-corrected chi connectivity index (χ4v) is 5.55. The second-order valence-corrected chi connectivity index (χ2v) is 9.40. The van der Waals surface area contributed by atoms with Gasteiger partial charge in [-0.05, 0) is 43.0 Å². The van der Waals surface area contributed by atoms with Crippen molar-refractivity contribution in [3.63, 3.8) is 0 Å². The maximum atomic E-state index is 12.6. The maximum Gasteiger partial charge on any atom is 0.335 e. The summed E-state index contributed by atoms with van der Waals surface area (Å²) in [5.41, 5.74) is -1.38. The molecule has 2 atom stereocenters. The summed E-state index contributed by atoms with van der Waals surface area (Å²) < 4.78 is 34.1. The largest absolute Gasteiger partial charge is 0.479 e. The van der Waals surface area contributed by atoms with Crippen LogP contribution in [0.1, 0.15) is 19.8 Å². The molecule has 6 nitrogen and oxygen atoms in total. The number of aliphatic carboxylic acids is 1. The fourth-order valence-electron chi connectivity index (χ4n) is 2.71. The number of fused-ring (bicyclic) bond motifs is 1. The third kappa shape index (κ3) is 3.43. The van der Waals surface area contributed by atoms with Crippen LogP contribution in [-0.2, 0) is 19.6 Å². The van der Waals surface area contributed by atoms with E-state index >= 15 is 0 Å². The third-order valence-electron chi connectivity index (χ3n) is 4.02. The molecule has 1 aliphatic heterocycles. The lowest BCUT2D eigenvalue weighted by Crippen LogP contribution is -2.50. The van der Waals surface area contributed by atoms with Crippen LogP contribution in [0.3, 0.4) is 0 Å². The van der Waals surface area contributed by atoms with Crippen LogP contribution in [0.15, 0.2) is 28.5 Å². The Bertz CT molecular complexity index is 894. The van der Waals surface area contributed by atoms with Gasteiger partial charge in [0.15, 0.2) is 5.60 Å². The second-order valence-electron chi connectivity index (χ2n) is 5.94. The fraction of sp³-hybridized carbons (Fsp3) is 0.400. The predicted molar refractivity (Wildman–Crippen MR) is 92.2 cm³/mol. The van der Waals surface area contributed by atoms with Crippen LogP contribution in [0.2, 0.25) is 5.02 Å². The van der Waals surface area contributed by atoms with Gasteiger partial charge in [-0.1, -0.05) is 11.6 Å². The van der Waals surface area contributed by atoms with Crippen molar-refractivity contribution in [1.82, 2.24) is 4.72 Å². The third-order valence-corrected chi connectivity index (χ3v) is 7.36. The number of hydrogen-bond donors (Lipinski definition) is 2. The molecule has 1 saturated heterocycles. The lowest BCUT2D eigenvalue weighted by Gasteiger charge is -2.34. The average molecular weight is 390 g/mol. The number of carboxylic acid groups (broad SMARTS) is 1. The quantitative estimate of drug-likeness (QED) is 0.838. The summed E-state index contributed by atoms with van der Waals surface area (Å²) in [7, 11) is -3.73. The Balaban J connectivity index is 1.83. The standard InChI is InChI=1S/C15H16ClNO5S2/c1-15(14(18)19)8-11(4-5-22-15)17-24(20,21)13-7-9-6-10(16)2-3-12(9)23-13/h2-3,6-7,11,17H,4-5,8H2,1H3,(H,18,19). The molecule has 0 saturated carbocycles. The molecule has 9 heteroatoms. The predicted octanol–water partition coefficient (Wildman–Crippen LogP) is 2.86. The first-order valence-corrected chi connectivity index (χ1v) is 9.96. The van der Waals surface area contributed by atoms with E-state index in [1.165, 1.54) is 6.92 Å². The highest BCUT2D eigenvalue weighted by Gasteiger charge is 2.41. The van der Waals surface area contributed by atoms with E-state index in [2.05, 4.69) is 4.72 Å². The molecule has 130 valence electrons. The first-order valence-electron chi connectivity index (χ1n) is 7.28. The van der Waals surface area contributed by atoms with E-state index in [9.17, 15) is 18.3 Å². The molecular formula is C15H16ClNO5S2. The molecule has 2 unspecified atom stereocenters. The van der Waals surface area contributed by atoms with E-state index in [-0.39, 0.29) is 17.2 Å².